The van der Waals surface area contributed by atoms with Crippen LogP contribution in [0.15, 0.2) is 23.1 Å². The van der Waals surface area contributed by atoms with Crippen molar-refractivity contribution in [3.8, 4) is 0 Å². The molecule has 1 aliphatic heterocycles. The molecule has 24 heavy (non-hydrogen) atoms. The van der Waals surface area contributed by atoms with E-state index >= 15 is 0 Å². The third kappa shape index (κ3) is 3.63. The molecule has 0 unspecified atom stereocenters. The van der Waals surface area contributed by atoms with Gasteiger partial charge in [-0.25, -0.2) is 0 Å². The minimum atomic E-state index is -1.62. The third-order valence-electron chi connectivity index (χ3n) is 3.44. The topological polar surface area (TPSA) is 176 Å². The highest BCUT2D eigenvalue weighted by Crippen LogP contribution is 2.39. The molecule has 0 amide bonds. The van der Waals surface area contributed by atoms with Crippen LogP contribution in [0.2, 0.25) is 0 Å². The molecular formula is C12H14N2O9S. The number of aliphatic hydroxyl groups is 4. The van der Waals surface area contributed by atoms with E-state index in [4.69, 9.17) is 9.84 Å². The molecule has 0 aliphatic carbocycles. The second kappa shape index (κ2) is 7.38. The molecule has 0 bridgehead atoms. The van der Waals surface area contributed by atoms with Crippen LogP contribution in [0.5, 0.6) is 0 Å². The number of benzene rings is 1. The van der Waals surface area contributed by atoms with Crippen molar-refractivity contribution < 1.29 is 35.0 Å². The van der Waals surface area contributed by atoms with Crippen LogP contribution in [0.25, 0.3) is 0 Å². The van der Waals surface area contributed by atoms with E-state index in [0.29, 0.717) is 11.8 Å². The average molecular weight is 362 g/mol. The summed E-state index contributed by atoms with van der Waals surface area (Å²) in [5, 5.41) is 60.3. The quantitative estimate of drug-likeness (QED) is 0.390. The molecule has 1 fully saturated rings. The van der Waals surface area contributed by atoms with E-state index in [1.165, 1.54) is 0 Å². The number of hydrogen-bond donors (Lipinski definition) is 4. The van der Waals surface area contributed by atoms with Crippen LogP contribution in [0.4, 0.5) is 11.4 Å². The molecule has 2 rings (SSSR count). The average Bonchev–Trinajstić information content (AvgIpc) is 2.55. The van der Waals surface area contributed by atoms with E-state index in [9.17, 15) is 35.5 Å². The first-order valence-corrected chi connectivity index (χ1v) is 7.54. The summed E-state index contributed by atoms with van der Waals surface area (Å²) in [6, 6.07) is 2.95. The summed E-state index contributed by atoms with van der Waals surface area (Å²) in [6.07, 6.45) is -5.90. The van der Waals surface area contributed by atoms with Crippen molar-refractivity contribution in [2.45, 2.75) is 34.7 Å². The SMILES string of the molecule is O=[N+]([O-])c1ccc(S[C@H]2O[C@@H](CO)[C@@H](O)[C@@H](O)[C@H]2O)c([N+](=O)[O-])c1. The van der Waals surface area contributed by atoms with Gasteiger partial charge >= 0.3 is 0 Å². The highest BCUT2D eigenvalue weighted by Gasteiger charge is 2.44. The molecule has 0 saturated carbocycles. The number of thioether (sulfide) groups is 1. The number of aliphatic hydroxyl groups excluding tert-OH is 4. The van der Waals surface area contributed by atoms with Gasteiger partial charge in [0.2, 0.25) is 0 Å². The number of hydrogen-bond acceptors (Lipinski definition) is 10. The first kappa shape index (κ1) is 18.5. The van der Waals surface area contributed by atoms with Crippen molar-refractivity contribution in [3.63, 3.8) is 0 Å². The van der Waals surface area contributed by atoms with Gasteiger partial charge in [-0.1, -0.05) is 11.8 Å². The Morgan fingerprint density at radius 3 is 2.29 bits per heavy atom. The second-order valence-electron chi connectivity index (χ2n) is 4.98. The zero-order valence-corrected chi connectivity index (χ0v) is 12.8. The fourth-order valence-electron chi connectivity index (χ4n) is 2.15. The maximum Gasteiger partial charge on any atom is 0.289 e. The number of non-ortho nitro benzene ring substituents is 1. The van der Waals surface area contributed by atoms with E-state index in [-0.39, 0.29) is 4.90 Å². The predicted octanol–water partition coefficient (Wildman–Crippen LogP) is -0.605. The van der Waals surface area contributed by atoms with Gasteiger partial charge in [-0.2, -0.15) is 0 Å². The molecule has 12 heteroatoms. The summed E-state index contributed by atoms with van der Waals surface area (Å²) in [6.45, 7) is -0.635. The summed E-state index contributed by atoms with van der Waals surface area (Å²) >= 11 is 0.654. The third-order valence-corrected chi connectivity index (χ3v) is 4.66. The van der Waals surface area contributed by atoms with Crippen LogP contribution < -0.4 is 0 Å². The van der Waals surface area contributed by atoms with Crippen LogP contribution in [-0.2, 0) is 4.74 Å². The summed E-state index contributed by atoms with van der Waals surface area (Å²) in [4.78, 5) is 20.2. The van der Waals surface area contributed by atoms with Crippen LogP contribution in [0, 0.1) is 20.2 Å². The van der Waals surface area contributed by atoms with Gasteiger partial charge in [0.05, 0.1) is 27.4 Å². The Morgan fingerprint density at radius 2 is 1.75 bits per heavy atom. The van der Waals surface area contributed by atoms with Crippen molar-refractivity contribution in [2.75, 3.05) is 6.61 Å². The van der Waals surface area contributed by atoms with Gasteiger partial charge in [0.1, 0.15) is 29.9 Å². The minimum absolute atomic E-state index is 0.0325. The fraction of sp³-hybridized carbons (Fsp3) is 0.500. The zero-order valence-electron chi connectivity index (χ0n) is 12.0. The lowest BCUT2D eigenvalue weighted by atomic mass is 10.0. The molecule has 132 valence electrons. The molecule has 1 heterocycles. The van der Waals surface area contributed by atoms with Crippen molar-refractivity contribution in [2.24, 2.45) is 0 Å². The molecule has 5 atom stereocenters. The first-order valence-electron chi connectivity index (χ1n) is 6.66. The summed E-state index contributed by atoms with van der Waals surface area (Å²) in [7, 11) is 0. The molecule has 11 nitrogen and oxygen atoms in total. The maximum atomic E-state index is 11.1. The minimum Gasteiger partial charge on any atom is -0.394 e. The molecule has 0 aromatic heterocycles. The molecule has 0 spiro atoms. The van der Waals surface area contributed by atoms with Gasteiger partial charge in [-0.05, 0) is 6.07 Å². The number of rotatable bonds is 5. The lowest BCUT2D eigenvalue weighted by Crippen LogP contribution is -2.57. The molecule has 1 aliphatic rings. The molecule has 0 radical (unpaired) electrons. The van der Waals surface area contributed by atoms with Gasteiger partial charge in [0.15, 0.2) is 0 Å². The summed E-state index contributed by atoms with van der Waals surface area (Å²) < 4.78 is 5.24. The van der Waals surface area contributed by atoms with E-state index in [2.05, 4.69) is 0 Å². The van der Waals surface area contributed by atoms with Crippen LogP contribution in [-0.4, -0.2) is 66.7 Å². The Balaban J connectivity index is 2.29. The summed E-state index contributed by atoms with van der Waals surface area (Å²) in [5.74, 6) is 0. The standard InChI is InChI=1S/C12H14N2O9S/c15-4-7-9(16)10(17)11(18)12(23-7)24-8-2-1-5(13(19)20)3-6(8)14(21)22/h1-3,7,9-12,15-18H,4H2/t7-,9+,10+,11+,12+/m0/s1. The highest BCUT2D eigenvalue weighted by molar-refractivity contribution is 8.00. The Kier molecular flexibility index (Phi) is 5.69. The summed E-state index contributed by atoms with van der Waals surface area (Å²) in [5.41, 5.74) is -2.26. The second-order valence-corrected chi connectivity index (χ2v) is 6.12. The first-order chi connectivity index (χ1) is 11.3. The van der Waals surface area contributed by atoms with E-state index in [1.807, 2.05) is 0 Å². The van der Waals surface area contributed by atoms with Gasteiger partial charge < -0.3 is 25.2 Å². The van der Waals surface area contributed by atoms with E-state index < -0.39 is 57.7 Å². The molecule has 4 N–H and O–H groups in total. The monoisotopic (exact) mass is 362 g/mol. The Bertz CT molecular complexity index is 641. The fourth-order valence-corrected chi connectivity index (χ4v) is 3.30. The van der Waals surface area contributed by atoms with Crippen LogP contribution in [0.1, 0.15) is 0 Å². The molecule has 1 aromatic carbocycles. The Morgan fingerprint density at radius 1 is 1.08 bits per heavy atom. The van der Waals surface area contributed by atoms with Gasteiger partial charge in [0, 0.05) is 6.07 Å². The largest absolute Gasteiger partial charge is 0.394 e. The predicted molar refractivity (Wildman–Crippen MR) is 79.4 cm³/mol. The van der Waals surface area contributed by atoms with Crippen molar-refractivity contribution in [1.82, 2.24) is 0 Å². The lowest BCUT2D eigenvalue weighted by molar-refractivity contribution is -0.396. The smallest absolute Gasteiger partial charge is 0.289 e. The maximum absolute atomic E-state index is 11.1. The number of nitro groups is 2. The van der Waals surface area contributed by atoms with Gasteiger partial charge in [-0.3, -0.25) is 20.2 Å². The van der Waals surface area contributed by atoms with Crippen LogP contribution >= 0.6 is 11.8 Å². The van der Waals surface area contributed by atoms with Gasteiger partial charge in [0.25, 0.3) is 11.4 Å². The molecular weight excluding hydrogens is 348 g/mol. The zero-order chi connectivity index (χ0) is 18.0. The lowest BCUT2D eigenvalue weighted by Gasteiger charge is -2.39. The van der Waals surface area contributed by atoms with E-state index in [0.717, 1.165) is 18.2 Å². The number of nitro benzene ring substituents is 2. The number of nitrogens with zero attached hydrogens (tertiary/aromatic N) is 2. The van der Waals surface area contributed by atoms with Crippen LogP contribution in [0.3, 0.4) is 0 Å². The Hall–Kier alpha value is -1.83. The number of ether oxygens (including phenoxy) is 1. The van der Waals surface area contributed by atoms with Crippen molar-refractivity contribution in [1.29, 1.82) is 0 Å². The normalized spacial score (nSPS) is 30.1. The molecule has 1 aromatic rings. The van der Waals surface area contributed by atoms with E-state index in [1.54, 1.807) is 0 Å². The van der Waals surface area contributed by atoms with Crippen molar-refractivity contribution in [3.05, 3.63) is 38.4 Å². The highest BCUT2D eigenvalue weighted by atomic mass is 32.2. The van der Waals surface area contributed by atoms with Crippen molar-refractivity contribution >= 4 is 23.1 Å². The Labute approximate surface area is 138 Å². The van der Waals surface area contributed by atoms with Gasteiger partial charge in [-0.15, -0.1) is 0 Å². The molecule has 1 saturated heterocycles.